The maximum atomic E-state index is 14.1. The highest BCUT2D eigenvalue weighted by atomic mass is 19.1. The second-order valence-electron chi connectivity index (χ2n) is 8.93. The smallest absolute Gasteiger partial charge is 0.267 e. The molecule has 3 atom stereocenters. The summed E-state index contributed by atoms with van der Waals surface area (Å²) >= 11 is 0. The van der Waals surface area contributed by atoms with E-state index in [1.165, 1.54) is 6.07 Å². The van der Waals surface area contributed by atoms with Crippen molar-refractivity contribution < 1.29 is 19.1 Å². The zero-order chi connectivity index (χ0) is 22.1. The van der Waals surface area contributed by atoms with Crippen LogP contribution in [0.4, 0.5) is 4.39 Å². The first-order valence-electron chi connectivity index (χ1n) is 11.1. The van der Waals surface area contributed by atoms with Crippen molar-refractivity contribution in [3.8, 4) is 0 Å². The molecule has 168 valence electrons. The largest absolute Gasteiger partial charge is 0.387 e. The Bertz CT molecular complexity index is 936. The van der Waals surface area contributed by atoms with Crippen LogP contribution >= 0.6 is 0 Å². The number of halogens is 1. The standard InChI is InChI=1S/C23H31FN4O3/c1-14-6-7-19(24)18-11-20(26-22(14)18)23(31)25-15-4-3-5-16(10-15)28-9-8-17(12-28)27(2)21(30)13-29/h6-7,11,15-17,26,29H,3-5,8-10,12-13H2,1-2H3,(H,25,31)/t15-,16-,17?/m1/s1. The average Bonchev–Trinajstić information content (AvgIpc) is 3.44. The number of fused-ring (bicyclic) bond motifs is 1. The number of H-pyrrole nitrogens is 1. The number of nitrogens with one attached hydrogen (secondary N) is 2. The van der Waals surface area contributed by atoms with E-state index in [0.717, 1.165) is 50.8 Å². The molecule has 4 rings (SSSR count). The molecule has 2 heterocycles. The second-order valence-corrected chi connectivity index (χ2v) is 8.93. The Morgan fingerprint density at radius 1 is 1.32 bits per heavy atom. The van der Waals surface area contributed by atoms with E-state index in [4.69, 9.17) is 5.11 Å². The molecule has 1 aliphatic heterocycles. The quantitative estimate of drug-likeness (QED) is 0.679. The number of carbonyl (C=O) groups is 2. The van der Waals surface area contributed by atoms with Crippen LogP contribution in [0.1, 0.15) is 48.2 Å². The summed E-state index contributed by atoms with van der Waals surface area (Å²) in [6.45, 7) is 3.15. The Balaban J connectivity index is 1.37. The highest BCUT2D eigenvalue weighted by molar-refractivity contribution is 5.99. The van der Waals surface area contributed by atoms with Crippen molar-refractivity contribution in [3.63, 3.8) is 0 Å². The van der Waals surface area contributed by atoms with Crippen LogP contribution in [0, 0.1) is 12.7 Å². The number of carbonyl (C=O) groups excluding carboxylic acids is 2. The Morgan fingerprint density at radius 2 is 2.13 bits per heavy atom. The van der Waals surface area contributed by atoms with Gasteiger partial charge in [-0.25, -0.2) is 4.39 Å². The van der Waals surface area contributed by atoms with Crippen molar-refractivity contribution in [2.45, 2.75) is 57.2 Å². The molecule has 2 aromatic rings. The number of aryl methyl sites for hydroxylation is 1. The molecule has 1 aromatic carbocycles. The number of aliphatic hydroxyl groups is 1. The zero-order valence-electron chi connectivity index (χ0n) is 18.2. The summed E-state index contributed by atoms with van der Waals surface area (Å²) in [5, 5.41) is 12.7. The van der Waals surface area contributed by atoms with Crippen molar-refractivity contribution in [2.75, 3.05) is 26.7 Å². The molecule has 3 N–H and O–H groups in total. The van der Waals surface area contributed by atoms with Gasteiger partial charge in [0.05, 0.1) is 5.52 Å². The Hall–Kier alpha value is -2.45. The SMILES string of the molecule is Cc1ccc(F)c2cc(C(=O)N[C@@H]3CCC[C@@H](N4CCC(N(C)C(=O)CO)C4)C3)[nH]c12. The third-order valence-corrected chi connectivity index (χ3v) is 6.96. The Labute approximate surface area is 181 Å². The lowest BCUT2D eigenvalue weighted by Gasteiger charge is -2.36. The van der Waals surface area contributed by atoms with Crippen molar-refractivity contribution in [1.29, 1.82) is 0 Å². The first-order valence-corrected chi connectivity index (χ1v) is 11.1. The zero-order valence-corrected chi connectivity index (χ0v) is 18.2. The van der Waals surface area contributed by atoms with E-state index < -0.39 is 6.61 Å². The summed E-state index contributed by atoms with van der Waals surface area (Å²) in [4.78, 5) is 31.8. The van der Waals surface area contributed by atoms with Gasteiger partial charge in [0.1, 0.15) is 18.1 Å². The lowest BCUT2D eigenvalue weighted by Crippen LogP contribution is -2.47. The molecule has 1 aromatic heterocycles. The van der Waals surface area contributed by atoms with Gasteiger partial charge in [-0.1, -0.05) is 6.07 Å². The van der Waals surface area contributed by atoms with Gasteiger partial charge in [-0.05, 0) is 56.7 Å². The topological polar surface area (TPSA) is 88.7 Å². The maximum absolute atomic E-state index is 14.1. The molecule has 1 unspecified atom stereocenters. The van der Waals surface area contributed by atoms with Gasteiger partial charge >= 0.3 is 0 Å². The number of benzene rings is 1. The molecule has 2 amide bonds. The predicted octanol–water partition coefficient (Wildman–Crippen LogP) is 2.18. The van der Waals surface area contributed by atoms with Crippen LogP contribution in [-0.4, -0.2) is 76.6 Å². The van der Waals surface area contributed by atoms with E-state index in [-0.39, 0.29) is 29.7 Å². The molecule has 1 aliphatic carbocycles. The third-order valence-electron chi connectivity index (χ3n) is 6.96. The monoisotopic (exact) mass is 430 g/mol. The Morgan fingerprint density at radius 3 is 2.87 bits per heavy atom. The lowest BCUT2D eigenvalue weighted by atomic mass is 9.90. The second kappa shape index (κ2) is 8.96. The number of hydrogen-bond acceptors (Lipinski definition) is 4. The first-order chi connectivity index (χ1) is 14.9. The average molecular weight is 431 g/mol. The van der Waals surface area contributed by atoms with Gasteiger partial charge in [-0.3, -0.25) is 14.5 Å². The van der Waals surface area contributed by atoms with E-state index in [2.05, 4.69) is 15.2 Å². The third kappa shape index (κ3) is 4.45. The highest BCUT2D eigenvalue weighted by Gasteiger charge is 2.34. The molecule has 1 saturated carbocycles. The lowest BCUT2D eigenvalue weighted by molar-refractivity contribution is -0.134. The van der Waals surface area contributed by atoms with Crippen molar-refractivity contribution in [3.05, 3.63) is 35.3 Å². The molecular formula is C23H31FN4O3. The van der Waals surface area contributed by atoms with Crippen molar-refractivity contribution in [1.82, 2.24) is 20.1 Å². The van der Waals surface area contributed by atoms with Gasteiger partial charge in [0, 0.05) is 43.6 Å². The molecule has 8 heteroatoms. The van der Waals surface area contributed by atoms with Gasteiger partial charge in [0.2, 0.25) is 5.91 Å². The van der Waals surface area contributed by atoms with Gasteiger partial charge in [-0.15, -0.1) is 0 Å². The van der Waals surface area contributed by atoms with Gasteiger partial charge in [-0.2, -0.15) is 0 Å². The fraction of sp³-hybridized carbons (Fsp3) is 0.565. The number of aromatic amines is 1. The van der Waals surface area contributed by atoms with Gasteiger partial charge in [0.25, 0.3) is 5.91 Å². The summed E-state index contributed by atoms with van der Waals surface area (Å²) in [6, 6.07) is 5.28. The molecule has 0 radical (unpaired) electrons. The molecule has 0 spiro atoms. The van der Waals surface area contributed by atoms with E-state index in [1.807, 2.05) is 6.92 Å². The molecule has 7 nitrogen and oxygen atoms in total. The number of nitrogens with zero attached hydrogens (tertiary/aromatic N) is 2. The minimum absolute atomic E-state index is 0.0689. The number of hydrogen-bond donors (Lipinski definition) is 3. The van der Waals surface area contributed by atoms with E-state index in [0.29, 0.717) is 22.6 Å². The number of aromatic nitrogens is 1. The summed E-state index contributed by atoms with van der Waals surface area (Å²) < 4.78 is 14.1. The number of aliphatic hydroxyl groups excluding tert-OH is 1. The Kier molecular flexibility index (Phi) is 6.29. The summed E-state index contributed by atoms with van der Waals surface area (Å²) in [5.74, 6) is -0.777. The van der Waals surface area contributed by atoms with Crippen molar-refractivity contribution >= 4 is 22.7 Å². The predicted molar refractivity (Wildman–Crippen MR) is 116 cm³/mol. The van der Waals surface area contributed by atoms with Crippen LogP contribution in [0.25, 0.3) is 10.9 Å². The van der Waals surface area contributed by atoms with Crippen LogP contribution in [-0.2, 0) is 4.79 Å². The van der Waals surface area contributed by atoms with Crippen LogP contribution < -0.4 is 5.32 Å². The molecule has 0 bridgehead atoms. The van der Waals surface area contributed by atoms with Crippen LogP contribution in [0.5, 0.6) is 0 Å². The fourth-order valence-corrected chi connectivity index (χ4v) is 5.07. The van der Waals surface area contributed by atoms with Crippen LogP contribution in [0.3, 0.4) is 0 Å². The fourth-order valence-electron chi connectivity index (χ4n) is 5.07. The number of likely N-dealkylation sites (N-methyl/N-ethyl adjacent to an activating group) is 1. The summed E-state index contributed by atoms with van der Waals surface area (Å²) in [7, 11) is 1.75. The summed E-state index contributed by atoms with van der Waals surface area (Å²) in [6.07, 6.45) is 4.80. The van der Waals surface area contributed by atoms with E-state index in [9.17, 15) is 14.0 Å². The molecular weight excluding hydrogens is 399 g/mol. The van der Waals surface area contributed by atoms with Crippen LogP contribution in [0.2, 0.25) is 0 Å². The summed E-state index contributed by atoms with van der Waals surface area (Å²) in [5.41, 5.74) is 1.95. The first kappa shape index (κ1) is 21.8. The normalized spacial score (nSPS) is 24.5. The maximum Gasteiger partial charge on any atom is 0.267 e. The molecule has 31 heavy (non-hydrogen) atoms. The van der Waals surface area contributed by atoms with E-state index in [1.54, 1.807) is 24.1 Å². The van der Waals surface area contributed by atoms with Gasteiger partial charge < -0.3 is 20.3 Å². The number of likely N-dealkylation sites (tertiary alicyclic amines) is 1. The number of rotatable bonds is 5. The molecule has 2 aliphatic rings. The van der Waals surface area contributed by atoms with Crippen molar-refractivity contribution in [2.24, 2.45) is 0 Å². The highest BCUT2D eigenvalue weighted by Crippen LogP contribution is 2.28. The number of amides is 2. The van der Waals surface area contributed by atoms with Gasteiger partial charge in [0.15, 0.2) is 0 Å². The minimum atomic E-state index is -0.457. The molecule has 1 saturated heterocycles. The minimum Gasteiger partial charge on any atom is -0.387 e. The van der Waals surface area contributed by atoms with Crippen LogP contribution in [0.15, 0.2) is 18.2 Å². The van der Waals surface area contributed by atoms with E-state index >= 15 is 0 Å². The molecule has 2 fully saturated rings.